The summed E-state index contributed by atoms with van der Waals surface area (Å²) in [5.41, 5.74) is 1.20. The second kappa shape index (κ2) is 7.02. The molecule has 1 aromatic rings. The van der Waals surface area contributed by atoms with Crippen LogP contribution in [-0.2, 0) is 0 Å². The van der Waals surface area contributed by atoms with Crippen LogP contribution in [0.1, 0.15) is 45.4 Å². The molecule has 0 bridgehead atoms. The number of piperidine rings is 1. The van der Waals surface area contributed by atoms with Gasteiger partial charge >= 0.3 is 0 Å². The Morgan fingerprint density at radius 1 is 0.952 bits per heavy atom. The zero-order valence-corrected chi connectivity index (χ0v) is 13.8. The van der Waals surface area contributed by atoms with Gasteiger partial charge in [-0.1, -0.05) is 18.5 Å². The number of anilines is 1. The molecule has 2 fully saturated rings. The summed E-state index contributed by atoms with van der Waals surface area (Å²) in [7, 11) is 0. The summed E-state index contributed by atoms with van der Waals surface area (Å²) in [5.74, 6) is 0.949. The Labute approximate surface area is 133 Å². The quantitative estimate of drug-likeness (QED) is 0.863. The standard InChI is InChI=1S/C18H27ClN2/c1-14-2-8-18(9-3-14)21-12-10-17(11-13-21)20-16-6-4-15(19)5-7-16/h4-7,14,17-18,20H,2-3,8-13H2,1H3. The third kappa shape index (κ3) is 4.14. The molecule has 1 saturated heterocycles. The molecule has 3 heteroatoms. The number of halogens is 1. The first-order chi connectivity index (χ1) is 10.2. The van der Waals surface area contributed by atoms with Crippen molar-refractivity contribution in [2.45, 2.75) is 57.5 Å². The lowest BCUT2D eigenvalue weighted by molar-refractivity contribution is 0.113. The van der Waals surface area contributed by atoms with E-state index < -0.39 is 0 Å². The summed E-state index contributed by atoms with van der Waals surface area (Å²) in [5, 5.41) is 4.46. The van der Waals surface area contributed by atoms with Gasteiger partial charge in [0.05, 0.1) is 0 Å². The summed E-state index contributed by atoms with van der Waals surface area (Å²) < 4.78 is 0. The number of hydrogen-bond donors (Lipinski definition) is 1. The maximum Gasteiger partial charge on any atom is 0.0407 e. The first-order valence-electron chi connectivity index (χ1n) is 8.47. The lowest BCUT2D eigenvalue weighted by atomic mass is 9.85. The molecular weight excluding hydrogens is 280 g/mol. The summed E-state index contributed by atoms with van der Waals surface area (Å²) in [6, 6.07) is 9.56. The third-order valence-corrected chi connectivity index (χ3v) is 5.50. The van der Waals surface area contributed by atoms with Gasteiger partial charge in [0.25, 0.3) is 0 Å². The van der Waals surface area contributed by atoms with E-state index in [1.54, 1.807) is 0 Å². The number of likely N-dealkylation sites (tertiary alicyclic amines) is 1. The molecule has 0 spiro atoms. The molecule has 0 aromatic heterocycles. The number of nitrogens with one attached hydrogen (secondary N) is 1. The Balaban J connectivity index is 1.45. The average Bonchev–Trinajstić information content (AvgIpc) is 2.51. The van der Waals surface area contributed by atoms with Gasteiger partial charge in [-0.3, -0.25) is 0 Å². The molecule has 1 heterocycles. The van der Waals surface area contributed by atoms with Crippen LogP contribution >= 0.6 is 11.6 Å². The molecule has 116 valence electrons. The van der Waals surface area contributed by atoms with Crippen LogP contribution in [0.2, 0.25) is 5.02 Å². The van der Waals surface area contributed by atoms with E-state index in [0.29, 0.717) is 6.04 Å². The maximum atomic E-state index is 5.94. The van der Waals surface area contributed by atoms with Crippen LogP contribution in [0.25, 0.3) is 0 Å². The molecule has 3 rings (SSSR count). The van der Waals surface area contributed by atoms with Gasteiger partial charge in [-0.25, -0.2) is 0 Å². The maximum absolute atomic E-state index is 5.94. The van der Waals surface area contributed by atoms with Crippen molar-refractivity contribution in [3.63, 3.8) is 0 Å². The Morgan fingerprint density at radius 2 is 1.57 bits per heavy atom. The second-order valence-electron chi connectivity index (χ2n) is 6.88. The Morgan fingerprint density at radius 3 is 2.19 bits per heavy atom. The van der Waals surface area contributed by atoms with Crippen LogP contribution in [-0.4, -0.2) is 30.1 Å². The number of rotatable bonds is 3. The van der Waals surface area contributed by atoms with Crippen molar-refractivity contribution >= 4 is 17.3 Å². The topological polar surface area (TPSA) is 15.3 Å². The number of nitrogens with zero attached hydrogens (tertiary/aromatic N) is 1. The molecule has 1 aliphatic heterocycles. The Hall–Kier alpha value is -0.730. The minimum atomic E-state index is 0.616. The normalized spacial score (nSPS) is 28.5. The highest BCUT2D eigenvalue weighted by molar-refractivity contribution is 6.30. The van der Waals surface area contributed by atoms with Crippen molar-refractivity contribution in [3.8, 4) is 0 Å². The first kappa shape index (κ1) is 15.2. The van der Waals surface area contributed by atoms with Crippen molar-refractivity contribution in [1.29, 1.82) is 0 Å². The van der Waals surface area contributed by atoms with Crippen LogP contribution in [0.5, 0.6) is 0 Å². The van der Waals surface area contributed by atoms with Gasteiger partial charge in [0, 0.05) is 35.9 Å². The fourth-order valence-corrected chi connectivity index (χ4v) is 3.92. The van der Waals surface area contributed by atoms with E-state index in [-0.39, 0.29) is 0 Å². The van der Waals surface area contributed by atoms with E-state index in [1.165, 1.54) is 57.3 Å². The minimum Gasteiger partial charge on any atom is -0.382 e. The molecule has 1 aromatic carbocycles. The Bertz CT molecular complexity index is 429. The zero-order valence-electron chi connectivity index (χ0n) is 13.0. The van der Waals surface area contributed by atoms with Crippen molar-refractivity contribution in [2.75, 3.05) is 18.4 Å². The number of benzene rings is 1. The molecule has 0 amide bonds. The highest BCUT2D eigenvalue weighted by atomic mass is 35.5. The summed E-state index contributed by atoms with van der Waals surface area (Å²) in [4.78, 5) is 2.74. The summed E-state index contributed by atoms with van der Waals surface area (Å²) in [6.07, 6.45) is 8.19. The lowest BCUT2D eigenvalue weighted by Crippen LogP contribution is -2.45. The molecule has 21 heavy (non-hydrogen) atoms. The van der Waals surface area contributed by atoms with Crippen LogP contribution in [0.3, 0.4) is 0 Å². The fourth-order valence-electron chi connectivity index (χ4n) is 3.80. The second-order valence-corrected chi connectivity index (χ2v) is 7.31. The smallest absolute Gasteiger partial charge is 0.0407 e. The Kier molecular flexibility index (Phi) is 5.07. The molecule has 0 atom stereocenters. The van der Waals surface area contributed by atoms with Gasteiger partial charge in [-0.15, -0.1) is 0 Å². The molecule has 1 aliphatic carbocycles. The van der Waals surface area contributed by atoms with E-state index in [2.05, 4.69) is 29.3 Å². The summed E-state index contributed by atoms with van der Waals surface area (Å²) >= 11 is 5.94. The minimum absolute atomic E-state index is 0.616. The van der Waals surface area contributed by atoms with Crippen molar-refractivity contribution in [3.05, 3.63) is 29.3 Å². The van der Waals surface area contributed by atoms with E-state index >= 15 is 0 Å². The van der Waals surface area contributed by atoms with Gasteiger partial charge in [0.1, 0.15) is 0 Å². The van der Waals surface area contributed by atoms with Gasteiger partial charge in [-0.05, 0) is 68.7 Å². The van der Waals surface area contributed by atoms with Gasteiger partial charge < -0.3 is 10.2 Å². The van der Waals surface area contributed by atoms with Crippen molar-refractivity contribution in [2.24, 2.45) is 5.92 Å². The monoisotopic (exact) mass is 306 g/mol. The predicted octanol–water partition coefficient (Wildman–Crippen LogP) is 4.80. The number of hydrogen-bond acceptors (Lipinski definition) is 2. The van der Waals surface area contributed by atoms with Crippen LogP contribution < -0.4 is 5.32 Å². The molecular formula is C18H27ClN2. The van der Waals surface area contributed by atoms with E-state index in [0.717, 1.165) is 17.0 Å². The van der Waals surface area contributed by atoms with Crippen LogP contribution in [0.4, 0.5) is 5.69 Å². The SMILES string of the molecule is CC1CCC(N2CCC(Nc3ccc(Cl)cc3)CC2)CC1. The van der Waals surface area contributed by atoms with E-state index in [9.17, 15) is 0 Å². The van der Waals surface area contributed by atoms with Crippen molar-refractivity contribution in [1.82, 2.24) is 4.90 Å². The molecule has 1 N–H and O–H groups in total. The predicted molar refractivity (Wildman–Crippen MR) is 91.1 cm³/mol. The largest absolute Gasteiger partial charge is 0.382 e. The van der Waals surface area contributed by atoms with Gasteiger partial charge in [-0.2, -0.15) is 0 Å². The molecule has 2 nitrogen and oxygen atoms in total. The van der Waals surface area contributed by atoms with Gasteiger partial charge in [0.15, 0.2) is 0 Å². The average molecular weight is 307 g/mol. The highest BCUT2D eigenvalue weighted by Crippen LogP contribution is 2.29. The zero-order chi connectivity index (χ0) is 14.7. The van der Waals surface area contributed by atoms with Crippen LogP contribution in [0, 0.1) is 5.92 Å². The van der Waals surface area contributed by atoms with Gasteiger partial charge in [0.2, 0.25) is 0 Å². The molecule has 1 saturated carbocycles. The van der Waals surface area contributed by atoms with E-state index in [1.807, 2.05) is 12.1 Å². The molecule has 2 aliphatic rings. The highest BCUT2D eigenvalue weighted by Gasteiger charge is 2.27. The first-order valence-corrected chi connectivity index (χ1v) is 8.84. The molecule has 0 radical (unpaired) electrons. The van der Waals surface area contributed by atoms with Crippen LogP contribution in [0.15, 0.2) is 24.3 Å². The lowest BCUT2D eigenvalue weighted by Gasteiger charge is -2.40. The van der Waals surface area contributed by atoms with Crippen molar-refractivity contribution < 1.29 is 0 Å². The van der Waals surface area contributed by atoms with E-state index in [4.69, 9.17) is 11.6 Å². The third-order valence-electron chi connectivity index (χ3n) is 5.25. The fraction of sp³-hybridized carbons (Fsp3) is 0.667. The summed E-state index contributed by atoms with van der Waals surface area (Å²) in [6.45, 7) is 4.91. The molecule has 0 unspecified atom stereocenters.